The highest BCUT2D eigenvalue weighted by Gasteiger charge is 2.26. The van der Waals surface area contributed by atoms with Gasteiger partial charge in [0.1, 0.15) is 5.82 Å². The summed E-state index contributed by atoms with van der Waals surface area (Å²) in [5.41, 5.74) is 0.803. The van der Waals surface area contributed by atoms with Crippen LogP contribution in [0.25, 0.3) is 10.2 Å². The van der Waals surface area contributed by atoms with Gasteiger partial charge in [0.05, 0.1) is 33.5 Å². The molecule has 0 aliphatic carbocycles. The molecule has 0 radical (unpaired) electrons. The van der Waals surface area contributed by atoms with Gasteiger partial charge in [0.25, 0.3) is 0 Å². The number of halogens is 2. The summed E-state index contributed by atoms with van der Waals surface area (Å²) in [6, 6.07) is 10.5. The molecule has 1 atom stereocenters. The molecule has 4 rings (SSSR count). The molecule has 6 nitrogen and oxygen atoms in total. The van der Waals surface area contributed by atoms with Crippen molar-refractivity contribution in [3.63, 3.8) is 0 Å². The number of rotatable bonds is 8. The number of benzene rings is 2. The molecule has 1 aromatic heterocycles. The second-order valence-electron chi connectivity index (χ2n) is 7.62. The SMILES string of the molecule is O=C(CCCS(=O)(=O)c1ccc(F)cc1)N(CC1CCCO1)c1nc2ccc(Br)cc2s1. The van der Waals surface area contributed by atoms with Crippen molar-refractivity contribution in [3.8, 4) is 0 Å². The number of nitrogens with zero attached hydrogens (tertiary/aromatic N) is 2. The van der Waals surface area contributed by atoms with E-state index >= 15 is 0 Å². The van der Waals surface area contributed by atoms with Crippen LogP contribution in [-0.4, -0.2) is 44.3 Å². The molecule has 10 heteroatoms. The van der Waals surface area contributed by atoms with Crippen molar-refractivity contribution < 1.29 is 22.3 Å². The van der Waals surface area contributed by atoms with Gasteiger partial charge in [-0.1, -0.05) is 27.3 Å². The van der Waals surface area contributed by atoms with Crippen molar-refractivity contribution in [1.82, 2.24) is 4.98 Å². The van der Waals surface area contributed by atoms with Crippen LogP contribution in [0.1, 0.15) is 25.7 Å². The fourth-order valence-electron chi connectivity index (χ4n) is 3.59. The Morgan fingerprint density at radius 1 is 1.25 bits per heavy atom. The third kappa shape index (κ3) is 5.54. The topological polar surface area (TPSA) is 76.6 Å². The van der Waals surface area contributed by atoms with E-state index in [-0.39, 0.29) is 35.5 Å². The van der Waals surface area contributed by atoms with Crippen molar-refractivity contribution in [1.29, 1.82) is 0 Å². The van der Waals surface area contributed by atoms with Crippen LogP contribution in [-0.2, 0) is 19.4 Å². The number of sulfone groups is 1. The van der Waals surface area contributed by atoms with Gasteiger partial charge in [-0.25, -0.2) is 17.8 Å². The van der Waals surface area contributed by atoms with E-state index in [4.69, 9.17) is 4.74 Å². The van der Waals surface area contributed by atoms with E-state index in [1.54, 1.807) is 4.90 Å². The lowest BCUT2D eigenvalue weighted by molar-refractivity contribution is -0.119. The lowest BCUT2D eigenvalue weighted by Gasteiger charge is -2.23. The van der Waals surface area contributed by atoms with Crippen LogP contribution < -0.4 is 4.90 Å². The Hall–Kier alpha value is -1.88. The second-order valence-corrected chi connectivity index (χ2v) is 11.7. The van der Waals surface area contributed by atoms with Crippen molar-refractivity contribution >= 4 is 58.4 Å². The maximum absolute atomic E-state index is 13.1. The van der Waals surface area contributed by atoms with Crippen LogP contribution in [0.5, 0.6) is 0 Å². The molecule has 0 spiro atoms. The normalized spacial score (nSPS) is 16.5. The number of amides is 1. The molecule has 1 aliphatic heterocycles. The summed E-state index contributed by atoms with van der Waals surface area (Å²) in [5, 5.41) is 0.583. The largest absolute Gasteiger partial charge is 0.376 e. The molecule has 1 saturated heterocycles. The summed E-state index contributed by atoms with van der Waals surface area (Å²) in [6.07, 6.45) is 2.00. The summed E-state index contributed by atoms with van der Waals surface area (Å²) in [4.78, 5) is 19.4. The van der Waals surface area contributed by atoms with Gasteiger partial charge in [-0.05, 0) is 61.7 Å². The van der Waals surface area contributed by atoms with Crippen LogP contribution in [0.15, 0.2) is 51.8 Å². The highest BCUT2D eigenvalue weighted by molar-refractivity contribution is 9.10. The van der Waals surface area contributed by atoms with Gasteiger partial charge < -0.3 is 4.74 Å². The van der Waals surface area contributed by atoms with Gasteiger partial charge in [0, 0.05) is 17.5 Å². The number of thiazole rings is 1. The molecule has 1 aliphatic rings. The molecule has 0 saturated carbocycles. The van der Waals surface area contributed by atoms with E-state index < -0.39 is 15.7 Å². The Labute approximate surface area is 198 Å². The second kappa shape index (κ2) is 9.94. The molecule has 32 heavy (non-hydrogen) atoms. The highest BCUT2D eigenvalue weighted by atomic mass is 79.9. The number of ether oxygens (including phenoxy) is 1. The van der Waals surface area contributed by atoms with Crippen LogP contribution in [0, 0.1) is 5.82 Å². The van der Waals surface area contributed by atoms with E-state index in [9.17, 15) is 17.6 Å². The standard InChI is InChI=1S/C22H22BrFN2O4S2/c23-15-5-10-19-20(13-15)31-22(25-19)26(14-17-3-1-11-30-17)21(27)4-2-12-32(28,29)18-8-6-16(24)7-9-18/h5-10,13,17H,1-4,11-12,14H2. The van der Waals surface area contributed by atoms with Crippen LogP contribution >= 0.6 is 27.3 Å². The van der Waals surface area contributed by atoms with E-state index in [2.05, 4.69) is 20.9 Å². The molecule has 2 aromatic carbocycles. The first-order valence-electron chi connectivity index (χ1n) is 10.3. The van der Waals surface area contributed by atoms with Gasteiger partial charge in [0.15, 0.2) is 15.0 Å². The van der Waals surface area contributed by atoms with Crippen LogP contribution in [0.2, 0.25) is 0 Å². The van der Waals surface area contributed by atoms with E-state index in [0.717, 1.165) is 39.7 Å². The van der Waals surface area contributed by atoms with E-state index in [1.165, 1.54) is 23.5 Å². The summed E-state index contributed by atoms with van der Waals surface area (Å²) in [5.74, 6) is -0.870. The molecule has 170 valence electrons. The zero-order valence-corrected chi connectivity index (χ0v) is 20.4. The zero-order chi connectivity index (χ0) is 22.7. The minimum Gasteiger partial charge on any atom is -0.376 e. The van der Waals surface area contributed by atoms with Gasteiger partial charge in [0.2, 0.25) is 5.91 Å². The summed E-state index contributed by atoms with van der Waals surface area (Å²) >= 11 is 4.88. The summed E-state index contributed by atoms with van der Waals surface area (Å²) in [6.45, 7) is 1.07. The number of anilines is 1. The maximum Gasteiger partial charge on any atom is 0.228 e. The molecular formula is C22H22BrFN2O4S2. The number of hydrogen-bond acceptors (Lipinski definition) is 6. The number of fused-ring (bicyclic) bond motifs is 1. The van der Waals surface area contributed by atoms with E-state index in [1.807, 2.05) is 18.2 Å². The smallest absolute Gasteiger partial charge is 0.228 e. The number of hydrogen-bond donors (Lipinski definition) is 0. The Morgan fingerprint density at radius 2 is 2.03 bits per heavy atom. The van der Waals surface area contributed by atoms with Gasteiger partial charge in [-0.3, -0.25) is 9.69 Å². The molecule has 0 bridgehead atoms. The number of carbonyl (C=O) groups is 1. The molecule has 1 unspecified atom stereocenters. The number of carbonyl (C=O) groups excluding carboxylic acids is 1. The van der Waals surface area contributed by atoms with Crippen LogP contribution in [0.4, 0.5) is 9.52 Å². The molecule has 1 amide bonds. The van der Waals surface area contributed by atoms with Crippen molar-refractivity contribution in [3.05, 3.63) is 52.8 Å². The predicted octanol–water partition coefficient (Wildman–Crippen LogP) is 4.96. The number of aromatic nitrogens is 1. The Balaban J connectivity index is 1.47. The molecule has 0 N–H and O–H groups in total. The Morgan fingerprint density at radius 3 is 2.75 bits per heavy atom. The average molecular weight is 541 g/mol. The quantitative estimate of drug-likeness (QED) is 0.377. The summed E-state index contributed by atoms with van der Waals surface area (Å²) in [7, 11) is -3.59. The monoisotopic (exact) mass is 540 g/mol. The average Bonchev–Trinajstić information content (AvgIpc) is 3.41. The van der Waals surface area contributed by atoms with Crippen LogP contribution in [0.3, 0.4) is 0 Å². The minimum absolute atomic E-state index is 0.0549. The first-order valence-corrected chi connectivity index (χ1v) is 13.5. The molecule has 3 aromatic rings. The fraction of sp³-hybridized carbons (Fsp3) is 0.364. The van der Waals surface area contributed by atoms with Gasteiger partial charge in [-0.15, -0.1) is 0 Å². The minimum atomic E-state index is -3.59. The first kappa shape index (κ1) is 23.3. The van der Waals surface area contributed by atoms with Crippen molar-refractivity contribution in [2.24, 2.45) is 0 Å². The predicted molar refractivity (Wildman–Crippen MR) is 126 cm³/mol. The Kier molecular flexibility index (Phi) is 7.24. The van der Waals surface area contributed by atoms with Gasteiger partial charge in [-0.2, -0.15) is 0 Å². The third-order valence-corrected chi connectivity index (χ3v) is 8.61. The lowest BCUT2D eigenvalue weighted by Crippen LogP contribution is -2.37. The van der Waals surface area contributed by atoms with Gasteiger partial charge >= 0.3 is 0 Å². The summed E-state index contributed by atoms with van der Waals surface area (Å²) < 4.78 is 45.7. The van der Waals surface area contributed by atoms with Crippen molar-refractivity contribution in [2.45, 2.75) is 36.7 Å². The third-order valence-electron chi connectivity index (χ3n) is 5.26. The molecule has 1 fully saturated rings. The maximum atomic E-state index is 13.1. The van der Waals surface area contributed by atoms with E-state index in [0.29, 0.717) is 18.3 Å². The fourth-order valence-corrected chi connectivity index (χ4v) is 6.44. The zero-order valence-electron chi connectivity index (χ0n) is 17.2. The molecular weight excluding hydrogens is 519 g/mol. The molecule has 2 heterocycles. The lowest BCUT2D eigenvalue weighted by atomic mass is 10.2. The Bertz CT molecular complexity index is 1210. The van der Waals surface area contributed by atoms with Crippen molar-refractivity contribution in [2.75, 3.05) is 23.8 Å². The first-order chi connectivity index (χ1) is 15.3. The highest BCUT2D eigenvalue weighted by Crippen LogP contribution is 2.32.